The van der Waals surface area contributed by atoms with Crippen LogP contribution >= 0.6 is 0 Å². The van der Waals surface area contributed by atoms with Gasteiger partial charge in [0.05, 0.1) is 13.2 Å². The Bertz CT molecular complexity index is 1010. The van der Waals surface area contributed by atoms with E-state index in [1.807, 2.05) is 31.2 Å². The zero-order valence-corrected chi connectivity index (χ0v) is 27.1. The zero-order chi connectivity index (χ0) is 30.3. The number of benzene rings is 1. The predicted molar refractivity (Wildman–Crippen MR) is 160 cm³/mol. The molecule has 0 radical (unpaired) electrons. The summed E-state index contributed by atoms with van der Waals surface area (Å²) in [5.41, 5.74) is 0.507. The van der Waals surface area contributed by atoms with Crippen molar-refractivity contribution in [1.82, 2.24) is 9.80 Å². The van der Waals surface area contributed by atoms with Gasteiger partial charge in [-0.25, -0.2) is 0 Å². The summed E-state index contributed by atoms with van der Waals surface area (Å²) in [5, 5.41) is 0. The van der Waals surface area contributed by atoms with Crippen molar-refractivity contribution < 1.29 is 23.8 Å². The van der Waals surface area contributed by atoms with E-state index in [9.17, 15) is 9.59 Å². The molecule has 7 nitrogen and oxygen atoms in total. The highest BCUT2D eigenvalue weighted by atomic mass is 16.5. The highest BCUT2D eigenvalue weighted by Gasteiger charge is 2.47. The van der Waals surface area contributed by atoms with E-state index in [0.717, 1.165) is 24.2 Å². The number of likely N-dealkylation sites (tertiary alicyclic amines) is 2. The molecule has 2 atom stereocenters. The number of hydrogen-bond donors (Lipinski definition) is 0. The molecule has 3 rings (SSSR count). The second-order valence-corrected chi connectivity index (χ2v) is 14.7. The molecule has 2 aliphatic rings. The first-order valence-electron chi connectivity index (χ1n) is 14.8. The van der Waals surface area contributed by atoms with Crippen molar-refractivity contribution in [1.29, 1.82) is 0 Å². The molecular weight excluding hydrogens is 504 g/mol. The van der Waals surface area contributed by atoms with Crippen LogP contribution in [0.3, 0.4) is 0 Å². The fourth-order valence-electron chi connectivity index (χ4n) is 7.00. The van der Waals surface area contributed by atoms with Crippen LogP contribution in [0.5, 0.6) is 5.75 Å². The van der Waals surface area contributed by atoms with E-state index in [0.29, 0.717) is 12.8 Å². The van der Waals surface area contributed by atoms with Crippen LogP contribution in [0.25, 0.3) is 0 Å². The fraction of sp³-hybridized carbons (Fsp3) is 0.758. The normalized spacial score (nSPS) is 24.7. The maximum absolute atomic E-state index is 13.9. The Morgan fingerprint density at radius 1 is 0.800 bits per heavy atom. The van der Waals surface area contributed by atoms with Gasteiger partial charge in [0, 0.05) is 40.9 Å². The molecular formula is C33H54N2O5. The Hall–Kier alpha value is -1.96. The number of esters is 1. The van der Waals surface area contributed by atoms with Gasteiger partial charge in [-0.2, -0.15) is 0 Å². The monoisotopic (exact) mass is 558 g/mol. The van der Waals surface area contributed by atoms with Gasteiger partial charge < -0.3 is 14.2 Å². The molecule has 2 unspecified atom stereocenters. The van der Waals surface area contributed by atoms with E-state index >= 15 is 0 Å². The number of hydrogen-bond acceptors (Lipinski definition) is 7. The average Bonchev–Trinajstić information content (AvgIpc) is 2.84. The second kappa shape index (κ2) is 11.7. The van der Waals surface area contributed by atoms with E-state index < -0.39 is 11.9 Å². The summed E-state index contributed by atoms with van der Waals surface area (Å²) < 4.78 is 17.8. The SMILES string of the molecule is COc1ccc(C(C)C(C(=O)COC2CC(C)(C)N(C)C(C)(C)C2)C(=O)OC2CC(C)(C)N(C)C(C)(C)C2)cc1. The number of Topliss-reactive ketones (excluding diaryl/α,β-unsaturated/α-hetero) is 1. The summed E-state index contributed by atoms with van der Waals surface area (Å²) >= 11 is 0. The highest BCUT2D eigenvalue weighted by molar-refractivity contribution is 6.00. The van der Waals surface area contributed by atoms with Crippen LogP contribution in [0.15, 0.2) is 24.3 Å². The largest absolute Gasteiger partial charge is 0.497 e. The van der Waals surface area contributed by atoms with Gasteiger partial charge in [-0.05, 0) is 100 Å². The third-order valence-electron chi connectivity index (χ3n) is 10.0. The topological polar surface area (TPSA) is 68.3 Å². The molecule has 0 saturated carbocycles. The molecule has 1 aromatic carbocycles. The van der Waals surface area contributed by atoms with Gasteiger partial charge in [-0.3, -0.25) is 19.4 Å². The molecule has 40 heavy (non-hydrogen) atoms. The van der Waals surface area contributed by atoms with Crippen LogP contribution in [0.2, 0.25) is 0 Å². The minimum atomic E-state index is -0.952. The maximum Gasteiger partial charge on any atom is 0.317 e. The maximum atomic E-state index is 13.9. The van der Waals surface area contributed by atoms with Crippen LogP contribution in [0.4, 0.5) is 0 Å². The van der Waals surface area contributed by atoms with Crippen molar-refractivity contribution in [3.8, 4) is 5.75 Å². The van der Waals surface area contributed by atoms with Gasteiger partial charge in [0.2, 0.25) is 0 Å². The van der Waals surface area contributed by atoms with E-state index in [1.165, 1.54) is 0 Å². The molecule has 7 heteroatoms. The van der Waals surface area contributed by atoms with Crippen molar-refractivity contribution >= 4 is 11.8 Å². The minimum absolute atomic E-state index is 0.0576. The van der Waals surface area contributed by atoms with Crippen LogP contribution in [-0.2, 0) is 19.1 Å². The lowest BCUT2D eigenvalue weighted by Crippen LogP contribution is -2.60. The van der Waals surface area contributed by atoms with Crippen molar-refractivity contribution in [3.63, 3.8) is 0 Å². The third kappa shape index (κ3) is 7.08. The Morgan fingerprint density at radius 3 is 1.65 bits per heavy atom. The van der Waals surface area contributed by atoms with Crippen LogP contribution in [0.1, 0.15) is 99.5 Å². The summed E-state index contributed by atoms with van der Waals surface area (Å²) in [7, 11) is 5.89. The number of rotatable bonds is 9. The smallest absolute Gasteiger partial charge is 0.317 e. The number of carbonyl (C=O) groups excluding carboxylic acids is 2. The highest BCUT2D eigenvalue weighted by Crippen LogP contribution is 2.40. The lowest BCUT2D eigenvalue weighted by Gasteiger charge is -2.53. The number of piperidine rings is 2. The Labute approximate surface area is 242 Å². The van der Waals surface area contributed by atoms with E-state index in [-0.39, 0.29) is 52.7 Å². The summed E-state index contributed by atoms with van der Waals surface area (Å²) in [5.74, 6) is -1.27. The number of ketones is 1. The molecule has 0 spiro atoms. The predicted octanol–water partition coefficient (Wildman–Crippen LogP) is 5.85. The quantitative estimate of drug-likeness (QED) is 0.278. The Kier molecular flexibility index (Phi) is 9.55. The minimum Gasteiger partial charge on any atom is -0.497 e. The third-order valence-corrected chi connectivity index (χ3v) is 10.0. The molecule has 1 aromatic rings. The van der Waals surface area contributed by atoms with Crippen LogP contribution in [0, 0.1) is 5.92 Å². The lowest BCUT2D eigenvalue weighted by molar-refractivity contribution is -0.168. The molecule has 2 heterocycles. The van der Waals surface area contributed by atoms with Gasteiger partial charge in [0.25, 0.3) is 0 Å². The summed E-state index contributed by atoms with van der Waals surface area (Å²) in [6.45, 7) is 19.4. The molecule has 226 valence electrons. The van der Waals surface area contributed by atoms with Crippen LogP contribution in [-0.4, -0.2) is 83.7 Å². The molecule has 2 aliphatic heterocycles. The summed E-state index contributed by atoms with van der Waals surface area (Å²) in [6, 6.07) is 7.56. The number of nitrogens with zero attached hydrogens (tertiary/aromatic N) is 2. The van der Waals surface area contributed by atoms with Gasteiger partial charge >= 0.3 is 5.97 Å². The number of methoxy groups -OCH3 is 1. The number of carbonyl (C=O) groups is 2. The van der Waals surface area contributed by atoms with Crippen molar-refractivity contribution in [2.24, 2.45) is 5.92 Å². The van der Waals surface area contributed by atoms with Gasteiger partial charge in [-0.1, -0.05) is 19.1 Å². The average molecular weight is 559 g/mol. The Morgan fingerprint density at radius 2 is 1.23 bits per heavy atom. The first-order valence-corrected chi connectivity index (χ1v) is 14.8. The standard InChI is InChI=1S/C33H54N2O5/c1-22(23-13-15-24(38-12)16-14-23)28(29(37)40-26-19-32(6,7)35(11)33(8,9)20-26)27(36)21-39-25-17-30(2,3)34(10)31(4,5)18-25/h13-16,22,25-26,28H,17-21H2,1-12H3. The molecule has 0 aliphatic carbocycles. The first kappa shape index (κ1) is 32.6. The molecule has 0 N–H and O–H groups in total. The molecule has 0 bridgehead atoms. The van der Waals surface area contributed by atoms with E-state index in [2.05, 4.69) is 79.3 Å². The van der Waals surface area contributed by atoms with Crippen molar-refractivity contribution in [3.05, 3.63) is 29.8 Å². The fourth-order valence-corrected chi connectivity index (χ4v) is 7.00. The van der Waals surface area contributed by atoms with Crippen LogP contribution < -0.4 is 4.74 Å². The first-order chi connectivity index (χ1) is 18.3. The van der Waals surface area contributed by atoms with Crippen molar-refractivity contribution in [2.75, 3.05) is 27.8 Å². The number of ether oxygens (including phenoxy) is 3. The molecule has 0 amide bonds. The molecule has 2 saturated heterocycles. The zero-order valence-electron chi connectivity index (χ0n) is 27.1. The van der Waals surface area contributed by atoms with E-state index in [4.69, 9.17) is 14.2 Å². The molecule has 0 aromatic heterocycles. The second-order valence-electron chi connectivity index (χ2n) is 14.7. The molecule has 2 fully saturated rings. The summed E-state index contributed by atoms with van der Waals surface area (Å²) in [4.78, 5) is 32.4. The Balaban J connectivity index is 1.81. The van der Waals surface area contributed by atoms with Gasteiger partial charge in [0.15, 0.2) is 5.78 Å². The van der Waals surface area contributed by atoms with Crippen molar-refractivity contribution in [2.45, 2.75) is 128 Å². The van der Waals surface area contributed by atoms with Gasteiger partial charge in [-0.15, -0.1) is 0 Å². The van der Waals surface area contributed by atoms with E-state index in [1.54, 1.807) is 7.11 Å². The lowest BCUT2D eigenvalue weighted by atomic mass is 9.78. The summed E-state index contributed by atoms with van der Waals surface area (Å²) in [6.07, 6.45) is 2.75. The van der Waals surface area contributed by atoms with Gasteiger partial charge in [0.1, 0.15) is 24.4 Å².